The fourth-order valence-electron chi connectivity index (χ4n) is 2.07. The van der Waals surface area contributed by atoms with Crippen LogP contribution in [0.25, 0.3) is 10.1 Å². The van der Waals surface area contributed by atoms with Crippen LogP contribution in [0.3, 0.4) is 0 Å². The van der Waals surface area contributed by atoms with E-state index in [0.29, 0.717) is 6.61 Å². The smallest absolute Gasteiger partial charge is 0.306 e. The van der Waals surface area contributed by atoms with Crippen LogP contribution in [-0.2, 0) is 9.53 Å². The van der Waals surface area contributed by atoms with Crippen molar-refractivity contribution in [2.75, 3.05) is 6.61 Å². The van der Waals surface area contributed by atoms with Crippen LogP contribution in [0.2, 0.25) is 18.6 Å². The lowest BCUT2D eigenvalue weighted by molar-refractivity contribution is -0.142. The Morgan fingerprint density at radius 2 is 2.05 bits per heavy atom. The molecule has 0 saturated carbocycles. The van der Waals surface area contributed by atoms with Crippen LogP contribution >= 0.6 is 11.3 Å². The summed E-state index contributed by atoms with van der Waals surface area (Å²) in [4.78, 5) is 12.0. The van der Waals surface area contributed by atoms with Gasteiger partial charge in [0.2, 0.25) is 0 Å². The summed E-state index contributed by atoms with van der Waals surface area (Å²) in [7, 11) is -1.82. The molecule has 19 heavy (non-hydrogen) atoms. The first kappa shape index (κ1) is 14.3. The van der Waals surface area contributed by atoms with Gasteiger partial charge in [-0.15, -0.1) is 11.3 Å². The van der Waals surface area contributed by atoms with Gasteiger partial charge in [0.15, 0.2) is 0 Å². The minimum absolute atomic E-state index is 0.0134. The molecule has 2 aromatic rings. The third-order valence-corrected chi connectivity index (χ3v) is 10.4. The topological polar surface area (TPSA) is 26.3 Å². The van der Waals surface area contributed by atoms with Crippen molar-refractivity contribution in [1.29, 1.82) is 0 Å². The molecule has 0 N–H and O–H groups in total. The van der Waals surface area contributed by atoms with E-state index in [0.717, 1.165) is 0 Å². The lowest BCUT2D eigenvalue weighted by Gasteiger charge is -2.26. The van der Waals surface area contributed by atoms with Crippen molar-refractivity contribution in [3.05, 3.63) is 30.3 Å². The average Bonchev–Trinajstić information content (AvgIpc) is 2.82. The van der Waals surface area contributed by atoms with Gasteiger partial charge in [0.1, 0.15) is 8.07 Å². The van der Waals surface area contributed by atoms with Crippen molar-refractivity contribution in [2.45, 2.75) is 32.5 Å². The first-order valence-electron chi connectivity index (χ1n) is 6.62. The van der Waals surface area contributed by atoms with E-state index in [1.807, 2.05) is 25.2 Å². The first-order chi connectivity index (χ1) is 8.96. The summed E-state index contributed by atoms with van der Waals surface area (Å²) >= 11 is 1.82. The maximum atomic E-state index is 12.0. The lowest BCUT2D eigenvalue weighted by atomic mass is 10.3. The Morgan fingerprint density at radius 1 is 1.37 bits per heavy atom. The van der Waals surface area contributed by atoms with E-state index in [9.17, 15) is 4.79 Å². The third kappa shape index (κ3) is 2.74. The predicted octanol–water partition coefficient (Wildman–Crippen LogP) is 3.77. The Labute approximate surface area is 119 Å². The van der Waals surface area contributed by atoms with E-state index in [-0.39, 0.29) is 11.5 Å². The number of carbonyl (C=O) groups is 1. The number of fused-ring (bicyclic) bond motifs is 1. The predicted molar refractivity (Wildman–Crippen MR) is 85.0 cm³/mol. The summed E-state index contributed by atoms with van der Waals surface area (Å²) < 4.78 is 7.86. The maximum absolute atomic E-state index is 12.0. The van der Waals surface area contributed by atoms with Crippen molar-refractivity contribution in [2.24, 2.45) is 0 Å². The summed E-state index contributed by atoms with van der Waals surface area (Å²) in [5, 5.41) is 1.28. The van der Waals surface area contributed by atoms with Gasteiger partial charge in [-0.2, -0.15) is 0 Å². The third-order valence-electron chi connectivity index (χ3n) is 3.78. The Balaban J connectivity index is 2.34. The Hall–Kier alpha value is -1.13. The normalized spacial score (nSPS) is 13.5. The van der Waals surface area contributed by atoms with Gasteiger partial charge in [-0.3, -0.25) is 4.79 Å². The number of carbonyl (C=O) groups excluding carboxylic acids is 1. The van der Waals surface area contributed by atoms with Gasteiger partial charge < -0.3 is 4.74 Å². The molecule has 0 aliphatic rings. The number of ether oxygens (including phenoxy) is 1. The molecule has 0 fully saturated rings. The van der Waals surface area contributed by atoms with E-state index in [4.69, 9.17) is 4.74 Å². The van der Waals surface area contributed by atoms with Crippen LogP contribution in [0.15, 0.2) is 30.3 Å². The van der Waals surface area contributed by atoms with Gasteiger partial charge in [0.25, 0.3) is 0 Å². The van der Waals surface area contributed by atoms with Gasteiger partial charge >= 0.3 is 5.97 Å². The number of hydrogen-bond acceptors (Lipinski definition) is 3. The molecule has 0 aliphatic heterocycles. The molecule has 1 atom stereocenters. The molecular formula is C15H20O2SSi. The largest absolute Gasteiger partial charge is 0.466 e. The van der Waals surface area contributed by atoms with Crippen LogP contribution in [0.4, 0.5) is 0 Å². The molecule has 1 heterocycles. The van der Waals surface area contributed by atoms with Crippen molar-refractivity contribution in [3.8, 4) is 0 Å². The van der Waals surface area contributed by atoms with Crippen LogP contribution in [0.1, 0.15) is 13.8 Å². The molecule has 0 bridgehead atoms. The van der Waals surface area contributed by atoms with Gasteiger partial charge in [0, 0.05) is 4.70 Å². The molecule has 0 radical (unpaired) electrons. The van der Waals surface area contributed by atoms with Gasteiger partial charge in [-0.25, -0.2) is 0 Å². The van der Waals surface area contributed by atoms with Crippen molar-refractivity contribution >= 4 is 40.0 Å². The van der Waals surface area contributed by atoms with Gasteiger partial charge in [-0.05, 0) is 28.9 Å². The van der Waals surface area contributed by atoms with E-state index >= 15 is 0 Å². The minimum atomic E-state index is -1.82. The zero-order chi connectivity index (χ0) is 14.0. The van der Waals surface area contributed by atoms with Crippen molar-refractivity contribution < 1.29 is 9.53 Å². The molecule has 1 aromatic heterocycles. The molecule has 4 heteroatoms. The molecular weight excluding hydrogens is 272 g/mol. The van der Waals surface area contributed by atoms with E-state index in [1.165, 1.54) is 14.6 Å². The summed E-state index contributed by atoms with van der Waals surface area (Å²) in [6.07, 6.45) is 0. The monoisotopic (exact) mass is 292 g/mol. The minimum Gasteiger partial charge on any atom is -0.466 e. The van der Waals surface area contributed by atoms with Crippen molar-refractivity contribution in [3.63, 3.8) is 0 Å². The average molecular weight is 292 g/mol. The maximum Gasteiger partial charge on any atom is 0.306 e. The molecule has 1 aromatic carbocycles. The fraction of sp³-hybridized carbons (Fsp3) is 0.400. The summed E-state index contributed by atoms with van der Waals surface area (Å²) in [6, 6.07) is 10.6. The van der Waals surface area contributed by atoms with Crippen LogP contribution in [0, 0.1) is 0 Å². The van der Waals surface area contributed by atoms with E-state index < -0.39 is 8.07 Å². The van der Waals surface area contributed by atoms with Crippen molar-refractivity contribution in [1.82, 2.24) is 0 Å². The van der Waals surface area contributed by atoms with Crippen LogP contribution in [0.5, 0.6) is 0 Å². The number of rotatable bonds is 4. The molecule has 0 aliphatic carbocycles. The highest BCUT2D eigenvalue weighted by atomic mass is 32.1. The quantitative estimate of drug-likeness (QED) is 0.633. The highest BCUT2D eigenvalue weighted by molar-refractivity contribution is 7.32. The fourth-order valence-corrected chi connectivity index (χ4v) is 6.43. The first-order valence-corrected chi connectivity index (χ1v) is 10.5. The summed E-state index contributed by atoms with van der Waals surface area (Å²) in [6.45, 7) is 8.83. The number of hydrogen-bond donors (Lipinski definition) is 0. The Bertz CT molecular complexity index is 556. The molecule has 2 rings (SSSR count). The molecule has 0 amide bonds. The highest BCUT2D eigenvalue weighted by Crippen LogP contribution is 2.28. The molecule has 0 saturated heterocycles. The molecule has 0 spiro atoms. The lowest BCUT2D eigenvalue weighted by Crippen LogP contribution is -2.46. The number of benzene rings is 1. The van der Waals surface area contributed by atoms with Crippen LogP contribution < -0.4 is 4.50 Å². The molecule has 1 unspecified atom stereocenters. The summed E-state index contributed by atoms with van der Waals surface area (Å²) in [5.41, 5.74) is -0.0134. The van der Waals surface area contributed by atoms with Gasteiger partial charge in [0.05, 0.1) is 12.1 Å². The number of esters is 1. The second kappa shape index (κ2) is 5.47. The summed E-state index contributed by atoms with van der Waals surface area (Å²) in [5.74, 6) is -0.0587. The standard InChI is InChI=1S/C15H20O2SSi/c1-5-17-15(16)11(2)19(3,4)14-10-12-8-6-7-9-13(12)18-14/h6-11H,5H2,1-4H3. The second-order valence-corrected chi connectivity index (χ2v) is 11.6. The molecule has 2 nitrogen and oxygen atoms in total. The second-order valence-electron chi connectivity index (χ2n) is 5.34. The number of thiophene rings is 1. The zero-order valence-corrected chi connectivity index (χ0v) is 13.7. The Morgan fingerprint density at radius 3 is 2.68 bits per heavy atom. The van der Waals surface area contributed by atoms with Gasteiger partial charge in [-0.1, -0.05) is 38.2 Å². The Kier molecular flexibility index (Phi) is 4.11. The van der Waals surface area contributed by atoms with E-state index in [1.54, 1.807) is 0 Å². The van der Waals surface area contributed by atoms with Crippen LogP contribution in [-0.4, -0.2) is 20.7 Å². The zero-order valence-electron chi connectivity index (χ0n) is 11.9. The molecule has 102 valence electrons. The highest BCUT2D eigenvalue weighted by Gasteiger charge is 2.37. The SMILES string of the molecule is CCOC(=O)C(C)[Si](C)(C)c1cc2ccccc2s1. The van der Waals surface area contributed by atoms with E-state index in [2.05, 4.69) is 43.4 Å².